The first-order valence-electron chi connectivity index (χ1n) is 12.3. The van der Waals surface area contributed by atoms with E-state index in [1.165, 1.54) is 11.3 Å². The Balaban J connectivity index is 1.70. The van der Waals surface area contributed by atoms with Gasteiger partial charge in [-0.15, -0.1) is 11.3 Å². The maximum atomic E-state index is 14.0. The molecule has 0 atom stereocenters. The van der Waals surface area contributed by atoms with E-state index in [4.69, 9.17) is 0 Å². The Labute approximate surface area is 201 Å². The molecule has 1 saturated heterocycles. The molecule has 2 fully saturated rings. The first-order chi connectivity index (χ1) is 15.8. The number of benzene rings is 1. The summed E-state index contributed by atoms with van der Waals surface area (Å²) in [5.74, 6) is -0.167. The quantitative estimate of drug-likeness (QED) is 0.553. The maximum Gasteiger partial charge on any atom is 0.348 e. The number of carboxylic acid groups (broad SMARTS) is 1. The number of hydrogen-bond donors (Lipinski definition) is 1. The van der Waals surface area contributed by atoms with Crippen molar-refractivity contribution < 1.29 is 14.7 Å². The molecule has 1 saturated carbocycles. The van der Waals surface area contributed by atoms with Gasteiger partial charge in [0.25, 0.3) is 0 Å². The standard InChI is InChI=1S/C27H36N2O3S/c1-18(2)28-15-13-22(14-16-28)29(26(30)21-11-9-19(3)10-12-21)23-17-24(33-25(23)27(31)32)20-7-5-4-6-8-20/h4-8,17-19,21-22H,9-16H2,1-3H3,(H,31,32). The number of carbonyl (C=O) groups excluding carboxylic acids is 1. The molecule has 2 aliphatic rings. The van der Waals surface area contributed by atoms with Crippen molar-refractivity contribution in [3.8, 4) is 10.4 Å². The Bertz CT molecular complexity index is 955. The Morgan fingerprint density at radius 2 is 1.67 bits per heavy atom. The van der Waals surface area contributed by atoms with Crippen molar-refractivity contribution in [3.63, 3.8) is 0 Å². The van der Waals surface area contributed by atoms with Crippen molar-refractivity contribution >= 4 is 28.9 Å². The number of hydrogen-bond acceptors (Lipinski definition) is 4. The van der Waals surface area contributed by atoms with Gasteiger partial charge in [0.2, 0.25) is 5.91 Å². The van der Waals surface area contributed by atoms with Gasteiger partial charge in [0, 0.05) is 36.0 Å². The van der Waals surface area contributed by atoms with Crippen LogP contribution >= 0.6 is 11.3 Å². The molecule has 1 aliphatic heterocycles. The Kier molecular flexibility index (Phi) is 7.55. The van der Waals surface area contributed by atoms with Gasteiger partial charge in [0.15, 0.2) is 0 Å². The van der Waals surface area contributed by atoms with Gasteiger partial charge in [0.05, 0.1) is 5.69 Å². The lowest BCUT2D eigenvalue weighted by Gasteiger charge is -2.41. The number of thiophene rings is 1. The second-order valence-corrected chi connectivity index (χ2v) is 11.1. The second-order valence-electron chi connectivity index (χ2n) is 10.0. The highest BCUT2D eigenvalue weighted by Gasteiger charge is 2.37. The summed E-state index contributed by atoms with van der Waals surface area (Å²) < 4.78 is 0. The Morgan fingerprint density at radius 3 is 2.24 bits per heavy atom. The van der Waals surface area contributed by atoms with Crippen LogP contribution in [0.15, 0.2) is 36.4 Å². The molecule has 33 heavy (non-hydrogen) atoms. The molecule has 2 aromatic rings. The van der Waals surface area contributed by atoms with E-state index in [1.54, 1.807) is 0 Å². The number of carboxylic acids is 1. The average molecular weight is 469 g/mol. The summed E-state index contributed by atoms with van der Waals surface area (Å²) in [7, 11) is 0. The minimum absolute atomic E-state index is 0.00829. The normalized spacial score (nSPS) is 22.4. The van der Waals surface area contributed by atoms with Crippen LogP contribution in [0.5, 0.6) is 0 Å². The predicted octanol–water partition coefficient (Wildman–Crippen LogP) is 6.15. The van der Waals surface area contributed by atoms with E-state index in [1.807, 2.05) is 41.3 Å². The lowest BCUT2D eigenvalue weighted by atomic mass is 9.82. The van der Waals surface area contributed by atoms with Crippen molar-refractivity contribution in [2.45, 2.75) is 71.4 Å². The largest absolute Gasteiger partial charge is 0.477 e. The molecule has 4 rings (SSSR count). The molecule has 5 nitrogen and oxygen atoms in total. The molecule has 1 aromatic carbocycles. The minimum Gasteiger partial charge on any atom is -0.477 e. The van der Waals surface area contributed by atoms with E-state index in [0.29, 0.717) is 17.6 Å². The lowest BCUT2D eigenvalue weighted by molar-refractivity contribution is -0.124. The fraction of sp³-hybridized carbons (Fsp3) is 0.556. The van der Waals surface area contributed by atoms with Crippen LogP contribution in [0.4, 0.5) is 5.69 Å². The first kappa shape index (κ1) is 24.0. The van der Waals surface area contributed by atoms with Gasteiger partial charge >= 0.3 is 5.97 Å². The zero-order valence-electron chi connectivity index (χ0n) is 20.0. The van der Waals surface area contributed by atoms with E-state index >= 15 is 0 Å². The van der Waals surface area contributed by atoms with Crippen LogP contribution in [0.1, 0.15) is 69.0 Å². The predicted molar refractivity (Wildman–Crippen MR) is 135 cm³/mol. The minimum atomic E-state index is -0.952. The van der Waals surface area contributed by atoms with Crippen LogP contribution in [-0.4, -0.2) is 47.1 Å². The summed E-state index contributed by atoms with van der Waals surface area (Å²) in [6, 6.07) is 12.3. The topological polar surface area (TPSA) is 60.9 Å². The van der Waals surface area contributed by atoms with Crippen molar-refractivity contribution in [1.82, 2.24) is 4.90 Å². The summed E-state index contributed by atoms with van der Waals surface area (Å²) in [5.41, 5.74) is 1.59. The molecule has 1 amide bonds. The summed E-state index contributed by atoms with van der Waals surface area (Å²) in [6.45, 7) is 8.55. The molecule has 0 bridgehead atoms. The van der Waals surface area contributed by atoms with Crippen molar-refractivity contribution in [2.75, 3.05) is 18.0 Å². The highest BCUT2D eigenvalue weighted by molar-refractivity contribution is 7.18. The summed E-state index contributed by atoms with van der Waals surface area (Å²) in [4.78, 5) is 31.8. The molecule has 0 spiro atoms. The van der Waals surface area contributed by atoms with Crippen LogP contribution in [0.2, 0.25) is 0 Å². The van der Waals surface area contributed by atoms with E-state index in [0.717, 1.165) is 62.1 Å². The van der Waals surface area contributed by atoms with Gasteiger partial charge < -0.3 is 14.9 Å². The number of nitrogens with zero attached hydrogens (tertiary/aromatic N) is 2. The van der Waals surface area contributed by atoms with Gasteiger partial charge in [-0.1, -0.05) is 37.3 Å². The van der Waals surface area contributed by atoms with Crippen LogP contribution in [0.25, 0.3) is 10.4 Å². The number of aromatic carboxylic acids is 1. The Morgan fingerprint density at radius 1 is 1.03 bits per heavy atom. The lowest BCUT2D eigenvalue weighted by Crippen LogP contribution is -2.51. The third kappa shape index (κ3) is 5.33. The number of anilines is 1. The van der Waals surface area contributed by atoms with Crippen molar-refractivity contribution in [2.24, 2.45) is 11.8 Å². The second kappa shape index (κ2) is 10.4. The number of likely N-dealkylation sites (tertiary alicyclic amines) is 1. The van der Waals surface area contributed by atoms with E-state index in [2.05, 4.69) is 25.7 Å². The van der Waals surface area contributed by atoms with Crippen molar-refractivity contribution in [3.05, 3.63) is 41.3 Å². The smallest absolute Gasteiger partial charge is 0.348 e. The van der Waals surface area contributed by atoms with E-state index < -0.39 is 5.97 Å². The molecule has 2 heterocycles. The Hall–Kier alpha value is -2.18. The highest BCUT2D eigenvalue weighted by Crippen LogP contribution is 2.41. The third-order valence-corrected chi connectivity index (χ3v) is 8.58. The SMILES string of the molecule is CC1CCC(C(=O)N(c2cc(-c3ccccc3)sc2C(=O)O)C2CCN(C(C)C)CC2)CC1. The van der Waals surface area contributed by atoms with Gasteiger partial charge in [-0.2, -0.15) is 0 Å². The van der Waals surface area contributed by atoms with Crippen LogP contribution < -0.4 is 4.90 Å². The molecule has 0 unspecified atom stereocenters. The first-order valence-corrected chi connectivity index (χ1v) is 13.2. The van der Waals surface area contributed by atoms with E-state index in [9.17, 15) is 14.7 Å². The molecule has 1 N–H and O–H groups in total. The fourth-order valence-corrected chi connectivity index (χ4v) is 6.31. The monoisotopic (exact) mass is 468 g/mol. The van der Waals surface area contributed by atoms with Gasteiger partial charge in [-0.25, -0.2) is 4.79 Å². The third-order valence-electron chi connectivity index (χ3n) is 7.42. The molecule has 1 aliphatic carbocycles. The molecule has 0 radical (unpaired) electrons. The molecular formula is C27H36N2O3S. The highest BCUT2D eigenvalue weighted by atomic mass is 32.1. The van der Waals surface area contributed by atoms with Crippen LogP contribution in [-0.2, 0) is 4.79 Å². The van der Waals surface area contributed by atoms with Crippen molar-refractivity contribution in [1.29, 1.82) is 0 Å². The number of carbonyl (C=O) groups is 2. The number of amides is 1. The molecular weight excluding hydrogens is 432 g/mol. The number of rotatable bonds is 6. The number of piperidine rings is 1. The summed E-state index contributed by atoms with van der Waals surface area (Å²) >= 11 is 1.28. The molecule has 6 heteroatoms. The average Bonchev–Trinajstić information content (AvgIpc) is 3.26. The summed E-state index contributed by atoms with van der Waals surface area (Å²) in [5, 5.41) is 10.1. The zero-order valence-corrected chi connectivity index (χ0v) is 20.8. The van der Waals surface area contributed by atoms with E-state index in [-0.39, 0.29) is 22.7 Å². The van der Waals surface area contributed by atoms with Crippen LogP contribution in [0, 0.1) is 11.8 Å². The molecule has 1 aromatic heterocycles. The maximum absolute atomic E-state index is 14.0. The zero-order chi connectivity index (χ0) is 23.5. The van der Waals surface area contributed by atoms with Gasteiger partial charge in [-0.05, 0) is 69.9 Å². The van der Waals surface area contributed by atoms with Gasteiger partial charge in [0.1, 0.15) is 4.88 Å². The van der Waals surface area contributed by atoms with Crippen LogP contribution in [0.3, 0.4) is 0 Å². The van der Waals surface area contributed by atoms with Gasteiger partial charge in [-0.3, -0.25) is 4.79 Å². The summed E-state index contributed by atoms with van der Waals surface area (Å²) in [6.07, 6.45) is 5.70. The molecule has 178 valence electrons. The fourth-order valence-electron chi connectivity index (χ4n) is 5.32.